The maximum atomic E-state index is 12.9. The summed E-state index contributed by atoms with van der Waals surface area (Å²) in [5.74, 6) is -1.09. The van der Waals surface area contributed by atoms with Gasteiger partial charge in [-0.1, -0.05) is 12.1 Å². The van der Waals surface area contributed by atoms with Crippen molar-refractivity contribution < 1.29 is 18.7 Å². The van der Waals surface area contributed by atoms with E-state index in [1.807, 2.05) is 6.07 Å². The number of carbonyl (C=O) groups is 2. The van der Waals surface area contributed by atoms with Crippen LogP contribution in [0.15, 0.2) is 36.0 Å². The molecule has 0 bridgehead atoms. The number of nitriles is 1. The van der Waals surface area contributed by atoms with Crippen LogP contribution in [0, 0.1) is 23.1 Å². The molecular formula is C19H22FN3O3. The van der Waals surface area contributed by atoms with Crippen LogP contribution in [0.3, 0.4) is 0 Å². The lowest BCUT2D eigenvalue weighted by Gasteiger charge is -2.30. The average Bonchev–Trinajstić information content (AvgIpc) is 2.66. The monoisotopic (exact) mass is 359 g/mol. The Hall–Kier alpha value is -2.88. The number of nitrogens with one attached hydrogen (secondary N) is 1. The van der Waals surface area contributed by atoms with E-state index < -0.39 is 0 Å². The van der Waals surface area contributed by atoms with E-state index in [0.717, 1.165) is 5.56 Å². The number of likely N-dealkylation sites (tertiary alicyclic amines) is 1. The van der Waals surface area contributed by atoms with Crippen molar-refractivity contribution in [2.75, 3.05) is 19.7 Å². The second-order valence-corrected chi connectivity index (χ2v) is 6.00. The number of esters is 1. The molecule has 0 unspecified atom stereocenters. The van der Waals surface area contributed by atoms with E-state index in [9.17, 15) is 19.2 Å². The molecule has 7 heteroatoms. The second kappa shape index (κ2) is 9.56. The van der Waals surface area contributed by atoms with Gasteiger partial charge in [-0.05, 0) is 37.5 Å². The number of hydrogen-bond donors (Lipinski definition) is 1. The highest BCUT2D eigenvalue weighted by Crippen LogP contribution is 2.20. The molecule has 1 aromatic carbocycles. The number of carbonyl (C=O) groups excluding carboxylic acids is 2. The van der Waals surface area contributed by atoms with Gasteiger partial charge in [0, 0.05) is 25.8 Å². The fourth-order valence-corrected chi connectivity index (χ4v) is 2.76. The van der Waals surface area contributed by atoms with Gasteiger partial charge in [-0.15, -0.1) is 0 Å². The molecule has 0 saturated carbocycles. The lowest BCUT2D eigenvalue weighted by Crippen LogP contribution is -2.41. The van der Waals surface area contributed by atoms with Gasteiger partial charge >= 0.3 is 5.97 Å². The highest BCUT2D eigenvalue weighted by atomic mass is 19.1. The molecule has 0 radical (unpaired) electrons. The van der Waals surface area contributed by atoms with Crippen LogP contribution in [0.1, 0.15) is 25.3 Å². The van der Waals surface area contributed by atoms with Crippen molar-refractivity contribution in [3.63, 3.8) is 0 Å². The predicted octanol–water partition coefficient (Wildman–Crippen LogP) is 2.12. The molecule has 0 aliphatic carbocycles. The van der Waals surface area contributed by atoms with E-state index in [2.05, 4.69) is 5.32 Å². The molecule has 26 heavy (non-hydrogen) atoms. The van der Waals surface area contributed by atoms with Crippen molar-refractivity contribution in [1.29, 1.82) is 5.26 Å². The molecule has 1 N–H and O–H groups in total. The Morgan fingerprint density at radius 3 is 2.58 bits per heavy atom. The Morgan fingerprint density at radius 2 is 2.00 bits per heavy atom. The van der Waals surface area contributed by atoms with Gasteiger partial charge in [-0.25, -0.2) is 4.39 Å². The number of halogens is 1. The maximum Gasteiger partial charge on any atom is 0.309 e. The van der Waals surface area contributed by atoms with Crippen molar-refractivity contribution >= 4 is 11.9 Å². The van der Waals surface area contributed by atoms with Crippen LogP contribution >= 0.6 is 0 Å². The van der Waals surface area contributed by atoms with Gasteiger partial charge < -0.3 is 15.0 Å². The van der Waals surface area contributed by atoms with Gasteiger partial charge in [0.05, 0.1) is 12.5 Å². The zero-order chi connectivity index (χ0) is 18.9. The number of benzene rings is 1. The van der Waals surface area contributed by atoms with E-state index in [0.29, 0.717) is 39.1 Å². The Morgan fingerprint density at radius 1 is 1.35 bits per heavy atom. The van der Waals surface area contributed by atoms with Crippen LogP contribution in [0.4, 0.5) is 4.39 Å². The average molecular weight is 359 g/mol. The lowest BCUT2D eigenvalue weighted by molar-refractivity contribution is -0.150. The SMILES string of the molecule is CCOC(=O)C1CCN(C(=O)/C(C#N)=C\NCc2ccc(F)cc2)CC1. The fraction of sp³-hybridized carbons (Fsp3) is 0.421. The molecular weight excluding hydrogens is 337 g/mol. The molecule has 1 fully saturated rings. The highest BCUT2D eigenvalue weighted by Gasteiger charge is 2.29. The van der Waals surface area contributed by atoms with Crippen molar-refractivity contribution in [3.8, 4) is 6.07 Å². The van der Waals surface area contributed by atoms with Gasteiger partial charge in [-0.2, -0.15) is 5.26 Å². The van der Waals surface area contributed by atoms with E-state index >= 15 is 0 Å². The number of nitrogens with zero attached hydrogens (tertiary/aromatic N) is 2. The molecule has 0 aromatic heterocycles. The summed E-state index contributed by atoms with van der Waals surface area (Å²) >= 11 is 0. The second-order valence-electron chi connectivity index (χ2n) is 6.00. The van der Waals surface area contributed by atoms with Gasteiger partial charge in [0.25, 0.3) is 5.91 Å². The highest BCUT2D eigenvalue weighted by molar-refractivity contribution is 5.97. The first-order valence-electron chi connectivity index (χ1n) is 8.59. The summed E-state index contributed by atoms with van der Waals surface area (Å²) in [4.78, 5) is 25.8. The van der Waals surface area contributed by atoms with Crippen LogP contribution in [0.2, 0.25) is 0 Å². The Kier molecular flexibility index (Phi) is 7.15. The molecule has 1 aliphatic rings. The predicted molar refractivity (Wildman–Crippen MR) is 92.9 cm³/mol. The summed E-state index contributed by atoms with van der Waals surface area (Å²) in [5.41, 5.74) is 0.837. The van der Waals surface area contributed by atoms with Crippen LogP contribution in [0.25, 0.3) is 0 Å². The summed E-state index contributed by atoms with van der Waals surface area (Å²) < 4.78 is 17.9. The molecule has 1 aliphatic heterocycles. The summed E-state index contributed by atoms with van der Waals surface area (Å²) in [7, 11) is 0. The van der Waals surface area contributed by atoms with Crippen LogP contribution in [0.5, 0.6) is 0 Å². The van der Waals surface area contributed by atoms with Crippen molar-refractivity contribution in [2.45, 2.75) is 26.3 Å². The fourth-order valence-electron chi connectivity index (χ4n) is 2.76. The standard InChI is InChI=1S/C19H22FN3O3/c1-2-26-19(25)15-7-9-23(10-8-15)18(24)16(11-21)13-22-12-14-3-5-17(20)6-4-14/h3-6,13,15,22H,2,7-10,12H2,1H3/b16-13-. The normalized spacial score (nSPS) is 15.3. The smallest absolute Gasteiger partial charge is 0.309 e. The first kappa shape index (κ1) is 19.4. The number of amides is 1. The molecule has 1 saturated heterocycles. The maximum absolute atomic E-state index is 12.9. The van der Waals surface area contributed by atoms with Gasteiger partial charge in [-0.3, -0.25) is 9.59 Å². The Balaban J connectivity index is 1.87. The number of ether oxygens (including phenoxy) is 1. The zero-order valence-electron chi connectivity index (χ0n) is 14.7. The topological polar surface area (TPSA) is 82.4 Å². The van der Waals surface area contributed by atoms with E-state index in [4.69, 9.17) is 4.74 Å². The molecule has 138 valence electrons. The molecule has 1 aromatic rings. The van der Waals surface area contributed by atoms with Crippen molar-refractivity contribution in [1.82, 2.24) is 10.2 Å². The summed E-state index contributed by atoms with van der Waals surface area (Å²) in [6, 6.07) is 7.87. The molecule has 2 rings (SSSR count). The van der Waals surface area contributed by atoms with Gasteiger partial charge in [0.1, 0.15) is 17.5 Å². The van der Waals surface area contributed by atoms with E-state index in [-0.39, 0.29) is 29.2 Å². The molecule has 0 atom stereocenters. The minimum absolute atomic E-state index is 0.00157. The third-order valence-electron chi connectivity index (χ3n) is 4.22. The number of piperidine rings is 1. The Labute approximate surface area is 152 Å². The zero-order valence-corrected chi connectivity index (χ0v) is 14.7. The minimum atomic E-state index is -0.360. The van der Waals surface area contributed by atoms with Crippen LogP contribution < -0.4 is 5.32 Å². The van der Waals surface area contributed by atoms with Gasteiger partial charge in [0.15, 0.2) is 0 Å². The number of rotatable bonds is 6. The summed E-state index contributed by atoms with van der Waals surface area (Å²) in [5, 5.41) is 12.1. The Bertz CT molecular complexity index is 702. The molecule has 0 spiro atoms. The summed E-state index contributed by atoms with van der Waals surface area (Å²) in [6.45, 7) is 3.32. The molecule has 1 amide bonds. The third-order valence-corrected chi connectivity index (χ3v) is 4.22. The van der Waals surface area contributed by atoms with Crippen molar-refractivity contribution in [3.05, 3.63) is 47.4 Å². The number of hydrogen-bond acceptors (Lipinski definition) is 5. The van der Waals surface area contributed by atoms with Crippen molar-refractivity contribution in [2.24, 2.45) is 5.92 Å². The van der Waals surface area contributed by atoms with Gasteiger partial charge in [0.2, 0.25) is 0 Å². The lowest BCUT2D eigenvalue weighted by atomic mass is 9.96. The summed E-state index contributed by atoms with van der Waals surface area (Å²) in [6.07, 6.45) is 2.45. The minimum Gasteiger partial charge on any atom is -0.466 e. The first-order valence-corrected chi connectivity index (χ1v) is 8.59. The quantitative estimate of drug-likeness (QED) is 0.478. The third kappa shape index (κ3) is 5.31. The van der Waals surface area contributed by atoms with E-state index in [1.165, 1.54) is 18.3 Å². The van der Waals surface area contributed by atoms with E-state index in [1.54, 1.807) is 24.0 Å². The van der Waals surface area contributed by atoms with Crippen LogP contribution in [-0.4, -0.2) is 36.5 Å². The molecule has 6 nitrogen and oxygen atoms in total. The molecule has 1 heterocycles. The first-order chi connectivity index (χ1) is 12.5. The van der Waals surface area contributed by atoms with Crippen LogP contribution in [-0.2, 0) is 20.9 Å². The largest absolute Gasteiger partial charge is 0.466 e.